The number of benzene rings is 2. The number of pyridine rings is 1. The van der Waals surface area contributed by atoms with Crippen molar-refractivity contribution in [1.29, 1.82) is 0 Å². The van der Waals surface area contributed by atoms with Crippen LogP contribution in [0.5, 0.6) is 11.5 Å². The first-order valence-corrected chi connectivity index (χ1v) is 13.5. The third-order valence-corrected chi connectivity index (χ3v) is 7.68. The van der Waals surface area contributed by atoms with Crippen molar-refractivity contribution >= 4 is 11.5 Å². The van der Waals surface area contributed by atoms with E-state index in [0.29, 0.717) is 29.7 Å². The van der Waals surface area contributed by atoms with Crippen LogP contribution in [-0.2, 0) is 6.42 Å². The Balaban J connectivity index is 1.29. The highest BCUT2D eigenvalue weighted by atomic mass is 19.1. The average Bonchev–Trinajstić information content (AvgIpc) is 3.75. The van der Waals surface area contributed by atoms with Gasteiger partial charge in [0.1, 0.15) is 29.8 Å². The van der Waals surface area contributed by atoms with Gasteiger partial charge in [0.15, 0.2) is 11.6 Å². The Morgan fingerprint density at radius 2 is 1.80 bits per heavy atom. The van der Waals surface area contributed by atoms with E-state index in [9.17, 15) is 8.78 Å². The van der Waals surface area contributed by atoms with Gasteiger partial charge < -0.3 is 19.9 Å². The van der Waals surface area contributed by atoms with Crippen LogP contribution in [0.2, 0.25) is 0 Å². The normalized spacial score (nSPS) is 17.9. The Hall–Kier alpha value is -4.11. The summed E-state index contributed by atoms with van der Waals surface area (Å²) in [6, 6.07) is 12.2. The first-order chi connectivity index (χ1) is 19.6. The smallest absolute Gasteiger partial charge is 0.179 e. The topological polar surface area (TPSA) is 89.4 Å². The third kappa shape index (κ3) is 5.21. The van der Waals surface area contributed by atoms with Gasteiger partial charge in [0.05, 0.1) is 19.9 Å². The summed E-state index contributed by atoms with van der Waals surface area (Å²) < 4.78 is 40.8. The van der Waals surface area contributed by atoms with Crippen molar-refractivity contribution in [3.8, 4) is 11.5 Å². The predicted molar refractivity (Wildman–Crippen MR) is 146 cm³/mol. The maximum atomic E-state index is 15.0. The number of hydrogen-bond acceptors (Lipinski definition) is 7. The molecular weight excluding hydrogens is 514 g/mol. The Labute approximate surface area is 231 Å². The average molecular weight is 545 g/mol. The molecule has 2 N–H and O–H groups in total. The standard InChI is InChI=1S/C31H30F2N4O3/c1-39-29-17-35-30(37-31(29)36-28-8-9-34-16-25(28)18-6-7-18)23-12-19(21-4-2-3-5-22(21)23)13-24-26(32)14-20(15-27(24)33)40-11-10-38/h2-5,8-9,14-19,23,38H,6-7,10-13H2,1H3,(H,34,35,36,37). The lowest BCUT2D eigenvalue weighted by Gasteiger charge is -2.17. The molecule has 0 spiro atoms. The van der Waals surface area contributed by atoms with E-state index in [1.807, 2.05) is 36.5 Å². The molecule has 2 aromatic carbocycles. The second-order valence-corrected chi connectivity index (χ2v) is 10.3. The number of methoxy groups -OCH3 is 1. The van der Waals surface area contributed by atoms with Crippen LogP contribution >= 0.6 is 0 Å². The van der Waals surface area contributed by atoms with E-state index < -0.39 is 11.6 Å². The number of nitrogens with one attached hydrogen (secondary N) is 1. The number of hydrogen-bond donors (Lipinski definition) is 2. The summed E-state index contributed by atoms with van der Waals surface area (Å²) in [7, 11) is 1.59. The van der Waals surface area contributed by atoms with Crippen LogP contribution in [0.1, 0.15) is 65.1 Å². The number of nitrogens with zero attached hydrogens (tertiary/aromatic N) is 3. The van der Waals surface area contributed by atoms with Crippen LogP contribution in [0.15, 0.2) is 61.1 Å². The summed E-state index contributed by atoms with van der Waals surface area (Å²) in [4.78, 5) is 13.8. The SMILES string of the molecule is COc1cnc(C2CC(Cc3c(F)cc(OCCO)cc3F)c3ccccc32)nc1Nc1ccncc1C1CC1. The van der Waals surface area contributed by atoms with Gasteiger partial charge in [-0.3, -0.25) is 4.98 Å². The first-order valence-electron chi connectivity index (χ1n) is 13.5. The van der Waals surface area contributed by atoms with Gasteiger partial charge in [0, 0.05) is 41.7 Å². The first kappa shape index (κ1) is 26.1. The molecular formula is C31H30F2N4O3. The number of aromatic nitrogens is 3. The van der Waals surface area contributed by atoms with Crippen LogP contribution < -0.4 is 14.8 Å². The highest BCUT2D eigenvalue weighted by Crippen LogP contribution is 2.47. The quantitative estimate of drug-likeness (QED) is 0.253. The van der Waals surface area contributed by atoms with Crippen LogP contribution in [0.3, 0.4) is 0 Å². The predicted octanol–water partition coefficient (Wildman–Crippen LogP) is 6.01. The maximum absolute atomic E-state index is 15.0. The molecule has 9 heteroatoms. The molecule has 7 nitrogen and oxygen atoms in total. The Kier molecular flexibility index (Phi) is 7.30. The molecule has 0 saturated heterocycles. The van der Waals surface area contributed by atoms with Crippen molar-refractivity contribution in [2.75, 3.05) is 25.6 Å². The Bertz CT molecular complexity index is 1510. The molecule has 2 unspecified atom stereocenters. The largest absolute Gasteiger partial charge is 0.491 e. The lowest BCUT2D eigenvalue weighted by atomic mass is 9.92. The summed E-state index contributed by atoms with van der Waals surface area (Å²) in [5, 5.41) is 12.4. The molecule has 40 heavy (non-hydrogen) atoms. The van der Waals surface area contributed by atoms with Gasteiger partial charge in [0.2, 0.25) is 0 Å². The maximum Gasteiger partial charge on any atom is 0.179 e. The van der Waals surface area contributed by atoms with Crippen molar-refractivity contribution < 1.29 is 23.4 Å². The molecule has 0 bridgehead atoms. The van der Waals surface area contributed by atoms with Gasteiger partial charge in [-0.25, -0.2) is 18.7 Å². The third-order valence-electron chi connectivity index (χ3n) is 7.68. The molecule has 0 amide bonds. The van der Waals surface area contributed by atoms with Gasteiger partial charge in [-0.1, -0.05) is 24.3 Å². The zero-order valence-electron chi connectivity index (χ0n) is 22.1. The molecule has 2 heterocycles. The van der Waals surface area contributed by atoms with E-state index >= 15 is 0 Å². The summed E-state index contributed by atoms with van der Waals surface area (Å²) in [6.45, 7) is -0.266. The molecule has 4 aromatic rings. The summed E-state index contributed by atoms with van der Waals surface area (Å²) in [5.74, 6) is 0.674. The molecule has 2 aliphatic carbocycles. The van der Waals surface area contributed by atoms with Gasteiger partial charge in [-0.2, -0.15) is 0 Å². The molecule has 0 aliphatic heterocycles. The summed E-state index contributed by atoms with van der Waals surface area (Å²) >= 11 is 0. The summed E-state index contributed by atoms with van der Waals surface area (Å²) in [6.07, 6.45) is 8.41. The van der Waals surface area contributed by atoms with E-state index in [-0.39, 0.29) is 42.8 Å². The number of ether oxygens (including phenoxy) is 2. The monoisotopic (exact) mass is 544 g/mol. The minimum Gasteiger partial charge on any atom is -0.491 e. The van der Waals surface area contributed by atoms with Crippen LogP contribution in [0, 0.1) is 11.6 Å². The highest BCUT2D eigenvalue weighted by molar-refractivity contribution is 5.65. The molecule has 1 saturated carbocycles. The van der Waals surface area contributed by atoms with E-state index in [2.05, 4.69) is 15.3 Å². The lowest BCUT2D eigenvalue weighted by Crippen LogP contribution is -2.09. The highest BCUT2D eigenvalue weighted by Gasteiger charge is 2.35. The van der Waals surface area contributed by atoms with Gasteiger partial charge in [0.25, 0.3) is 0 Å². The van der Waals surface area contributed by atoms with Crippen molar-refractivity contribution in [1.82, 2.24) is 15.0 Å². The molecule has 6 rings (SSSR count). The molecule has 206 valence electrons. The number of fused-ring (bicyclic) bond motifs is 1. The zero-order chi connectivity index (χ0) is 27.6. The minimum atomic E-state index is -0.662. The second-order valence-electron chi connectivity index (χ2n) is 10.3. The minimum absolute atomic E-state index is 0.0140. The fourth-order valence-corrected chi connectivity index (χ4v) is 5.60. The van der Waals surface area contributed by atoms with E-state index in [0.717, 1.165) is 35.2 Å². The second kappa shape index (κ2) is 11.2. The van der Waals surface area contributed by atoms with Gasteiger partial charge >= 0.3 is 0 Å². The number of halogens is 2. The van der Waals surface area contributed by atoms with E-state index in [1.54, 1.807) is 19.5 Å². The van der Waals surface area contributed by atoms with Crippen LogP contribution in [0.25, 0.3) is 0 Å². The van der Waals surface area contributed by atoms with Crippen molar-refractivity contribution in [3.05, 3.63) is 101 Å². The van der Waals surface area contributed by atoms with Crippen molar-refractivity contribution in [2.45, 2.75) is 43.4 Å². The number of rotatable bonds is 10. The van der Waals surface area contributed by atoms with Crippen LogP contribution in [0.4, 0.5) is 20.3 Å². The molecule has 2 aromatic heterocycles. The number of anilines is 2. The Morgan fingerprint density at radius 1 is 1.02 bits per heavy atom. The molecule has 0 radical (unpaired) electrons. The van der Waals surface area contributed by atoms with Crippen molar-refractivity contribution in [3.63, 3.8) is 0 Å². The fourth-order valence-electron chi connectivity index (χ4n) is 5.60. The zero-order valence-corrected chi connectivity index (χ0v) is 22.1. The summed E-state index contributed by atoms with van der Waals surface area (Å²) in [5.41, 5.74) is 4.20. The van der Waals surface area contributed by atoms with Gasteiger partial charge in [-0.05, 0) is 60.3 Å². The van der Waals surface area contributed by atoms with Crippen LogP contribution in [-0.4, -0.2) is 40.4 Å². The molecule has 1 fully saturated rings. The molecule has 2 atom stereocenters. The number of aliphatic hydroxyl groups is 1. The lowest BCUT2D eigenvalue weighted by molar-refractivity contribution is 0.200. The van der Waals surface area contributed by atoms with Crippen molar-refractivity contribution in [2.24, 2.45) is 0 Å². The number of aliphatic hydroxyl groups excluding tert-OH is 1. The van der Waals surface area contributed by atoms with E-state index in [4.69, 9.17) is 19.6 Å². The van der Waals surface area contributed by atoms with Gasteiger partial charge in [-0.15, -0.1) is 0 Å². The fraction of sp³-hybridized carbons (Fsp3) is 0.323. The molecule has 2 aliphatic rings. The Morgan fingerprint density at radius 3 is 2.52 bits per heavy atom. The van der Waals surface area contributed by atoms with E-state index in [1.165, 1.54) is 12.1 Å².